The SMILES string of the molecule is COCCN(C)CC1CN(C(=O)c2cc(=O)[nH]c3cc(F)ccc23)CC1CO. The molecule has 1 saturated heterocycles. The quantitative estimate of drug-likeness (QED) is 0.733. The standard InChI is InChI=1S/C20H26FN3O4/c1-23(5-6-28-2)9-13-10-24(11-14(13)12-25)20(27)17-8-19(26)22-18-7-15(21)3-4-16(17)18/h3-4,7-8,13-14,25H,5-6,9-12H2,1-2H3,(H,22,26). The summed E-state index contributed by atoms with van der Waals surface area (Å²) >= 11 is 0. The van der Waals surface area contributed by atoms with Crippen molar-refractivity contribution in [1.29, 1.82) is 0 Å². The molecule has 28 heavy (non-hydrogen) atoms. The number of nitrogens with zero attached hydrogens (tertiary/aromatic N) is 2. The fourth-order valence-corrected chi connectivity index (χ4v) is 3.84. The first kappa shape index (κ1) is 20.4. The fraction of sp³-hybridized carbons (Fsp3) is 0.500. The van der Waals surface area contributed by atoms with Crippen LogP contribution in [0, 0.1) is 17.7 Å². The van der Waals surface area contributed by atoms with Crippen LogP contribution in [0.2, 0.25) is 0 Å². The van der Waals surface area contributed by atoms with Crippen LogP contribution >= 0.6 is 0 Å². The van der Waals surface area contributed by atoms with Crippen molar-refractivity contribution in [2.24, 2.45) is 11.8 Å². The van der Waals surface area contributed by atoms with E-state index in [-0.39, 0.29) is 29.9 Å². The number of aromatic amines is 1. The Balaban J connectivity index is 1.81. The molecule has 3 rings (SSSR count). The minimum Gasteiger partial charge on any atom is -0.396 e. The van der Waals surface area contributed by atoms with Crippen molar-refractivity contribution in [3.8, 4) is 0 Å². The van der Waals surface area contributed by atoms with Crippen molar-refractivity contribution in [1.82, 2.24) is 14.8 Å². The Labute approximate surface area is 162 Å². The highest BCUT2D eigenvalue weighted by atomic mass is 19.1. The molecule has 7 nitrogen and oxygen atoms in total. The number of nitrogens with one attached hydrogen (secondary N) is 1. The summed E-state index contributed by atoms with van der Waals surface area (Å²) in [5.41, 5.74) is 0.101. The van der Waals surface area contributed by atoms with Gasteiger partial charge in [0.05, 0.1) is 17.7 Å². The van der Waals surface area contributed by atoms with Crippen molar-refractivity contribution in [2.45, 2.75) is 0 Å². The minimum absolute atomic E-state index is 0.00606. The topological polar surface area (TPSA) is 85.9 Å². The van der Waals surface area contributed by atoms with Crippen molar-refractivity contribution in [3.63, 3.8) is 0 Å². The third kappa shape index (κ3) is 4.40. The number of hydrogen-bond donors (Lipinski definition) is 2. The van der Waals surface area contributed by atoms with E-state index < -0.39 is 11.4 Å². The van der Waals surface area contributed by atoms with Crippen LogP contribution < -0.4 is 5.56 Å². The summed E-state index contributed by atoms with van der Waals surface area (Å²) < 4.78 is 18.6. The molecule has 2 heterocycles. The monoisotopic (exact) mass is 391 g/mol. The number of carbonyl (C=O) groups is 1. The van der Waals surface area contributed by atoms with Crippen LogP contribution in [-0.2, 0) is 4.74 Å². The molecule has 1 aromatic carbocycles. The second-order valence-electron chi connectivity index (χ2n) is 7.41. The predicted molar refractivity (Wildman–Crippen MR) is 104 cm³/mol. The summed E-state index contributed by atoms with van der Waals surface area (Å²) in [4.78, 5) is 31.4. The molecular weight excluding hydrogens is 365 g/mol. The Kier molecular flexibility index (Phi) is 6.43. The maximum atomic E-state index is 13.5. The van der Waals surface area contributed by atoms with Crippen molar-refractivity contribution in [3.05, 3.63) is 46.0 Å². The summed E-state index contributed by atoms with van der Waals surface area (Å²) in [5.74, 6) is -0.655. The van der Waals surface area contributed by atoms with Gasteiger partial charge in [0.2, 0.25) is 5.56 Å². The molecule has 1 aliphatic rings. The zero-order valence-electron chi connectivity index (χ0n) is 16.2. The number of aromatic nitrogens is 1. The Bertz CT molecular complexity index is 901. The zero-order chi connectivity index (χ0) is 20.3. The Morgan fingerprint density at radius 3 is 2.82 bits per heavy atom. The number of likely N-dealkylation sites (N-methyl/N-ethyl adjacent to an activating group) is 1. The molecule has 2 N–H and O–H groups in total. The van der Waals surface area contributed by atoms with Gasteiger partial charge in [0.25, 0.3) is 5.91 Å². The third-order valence-electron chi connectivity index (χ3n) is 5.36. The fourth-order valence-electron chi connectivity index (χ4n) is 3.84. The maximum absolute atomic E-state index is 13.5. The molecule has 2 unspecified atom stereocenters. The van der Waals surface area contributed by atoms with Gasteiger partial charge in [-0.05, 0) is 31.2 Å². The molecule has 0 spiro atoms. The van der Waals surface area contributed by atoms with E-state index in [0.717, 1.165) is 13.1 Å². The van der Waals surface area contributed by atoms with Gasteiger partial charge in [-0.3, -0.25) is 9.59 Å². The zero-order valence-corrected chi connectivity index (χ0v) is 16.2. The van der Waals surface area contributed by atoms with Crippen LogP contribution in [0.15, 0.2) is 29.1 Å². The molecule has 8 heteroatoms. The number of likely N-dealkylation sites (tertiary alicyclic amines) is 1. The maximum Gasteiger partial charge on any atom is 0.254 e. The molecule has 1 fully saturated rings. The number of hydrogen-bond acceptors (Lipinski definition) is 5. The van der Waals surface area contributed by atoms with Gasteiger partial charge >= 0.3 is 0 Å². The summed E-state index contributed by atoms with van der Waals surface area (Å²) in [6.07, 6.45) is 0. The summed E-state index contributed by atoms with van der Waals surface area (Å²) in [5, 5.41) is 10.3. The smallest absolute Gasteiger partial charge is 0.254 e. The first-order chi connectivity index (χ1) is 13.4. The van der Waals surface area contributed by atoms with Gasteiger partial charge in [0.1, 0.15) is 5.82 Å². The van der Waals surface area contributed by atoms with Crippen LogP contribution in [0.5, 0.6) is 0 Å². The lowest BCUT2D eigenvalue weighted by atomic mass is 9.96. The molecule has 0 radical (unpaired) electrons. The number of H-pyrrole nitrogens is 1. The summed E-state index contributed by atoms with van der Waals surface area (Å²) in [6.45, 7) is 3.03. The molecule has 0 aliphatic carbocycles. The van der Waals surface area contributed by atoms with Crippen LogP contribution in [0.3, 0.4) is 0 Å². The number of benzene rings is 1. The van der Waals surface area contributed by atoms with Gasteiger partial charge in [-0.2, -0.15) is 0 Å². The highest BCUT2D eigenvalue weighted by Gasteiger charge is 2.36. The molecule has 0 bridgehead atoms. The van der Waals surface area contributed by atoms with Gasteiger partial charge in [0, 0.05) is 57.3 Å². The Morgan fingerprint density at radius 1 is 1.36 bits per heavy atom. The van der Waals surface area contributed by atoms with Crippen molar-refractivity contribution >= 4 is 16.8 Å². The molecule has 0 saturated carbocycles. The molecule has 1 amide bonds. The first-order valence-electron chi connectivity index (χ1n) is 9.33. The number of halogens is 1. The average Bonchev–Trinajstić information content (AvgIpc) is 3.07. The van der Waals surface area contributed by atoms with E-state index in [0.29, 0.717) is 30.6 Å². The molecular formula is C20H26FN3O4. The highest BCUT2D eigenvalue weighted by Crippen LogP contribution is 2.27. The molecule has 1 aromatic heterocycles. The first-order valence-corrected chi connectivity index (χ1v) is 9.33. The van der Waals surface area contributed by atoms with Crippen molar-refractivity contribution in [2.75, 3.05) is 53.6 Å². The Hall–Kier alpha value is -2.29. The van der Waals surface area contributed by atoms with Crippen LogP contribution in [0.1, 0.15) is 10.4 Å². The lowest BCUT2D eigenvalue weighted by Gasteiger charge is -2.23. The average molecular weight is 391 g/mol. The number of ether oxygens (including phenoxy) is 1. The van der Waals surface area contributed by atoms with E-state index in [9.17, 15) is 19.1 Å². The number of carbonyl (C=O) groups excluding carboxylic acids is 1. The lowest BCUT2D eigenvalue weighted by Crippen LogP contribution is -2.34. The van der Waals surface area contributed by atoms with Crippen molar-refractivity contribution < 1.29 is 19.0 Å². The summed E-state index contributed by atoms with van der Waals surface area (Å²) in [6, 6.07) is 5.24. The van der Waals surface area contributed by atoms with Crippen LogP contribution in [0.25, 0.3) is 10.9 Å². The van der Waals surface area contributed by atoms with E-state index in [2.05, 4.69) is 9.88 Å². The Morgan fingerprint density at radius 2 is 2.11 bits per heavy atom. The number of fused-ring (bicyclic) bond motifs is 1. The van der Waals surface area contributed by atoms with Gasteiger partial charge < -0.3 is 24.6 Å². The van der Waals surface area contributed by atoms with Crippen LogP contribution in [-0.4, -0.2) is 79.3 Å². The number of aliphatic hydroxyl groups excluding tert-OH is 1. The summed E-state index contributed by atoms with van der Waals surface area (Å²) in [7, 11) is 3.63. The van der Waals surface area contributed by atoms with Crippen LogP contribution in [0.4, 0.5) is 4.39 Å². The number of amides is 1. The van der Waals surface area contributed by atoms with Gasteiger partial charge in [-0.15, -0.1) is 0 Å². The minimum atomic E-state index is -0.478. The molecule has 2 aromatic rings. The number of rotatable bonds is 7. The second kappa shape index (κ2) is 8.81. The van der Waals surface area contributed by atoms with E-state index in [4.69, 9.17) is 4.74 Å². The van der Waals surface area contributed by atoms with Gasteiger partial charge in [0.15, 0.2) is 0 Å². The highest BCUT2D eigenvalue weighted by molar-refractivity contribution is 6.06. The third-order valence-corrected chi connectivity index (χ3v) is 5.36. The number of aliphatic hydroxyl groups is 1. The van der Waals surface area contributed by atoms with Gasteiger partial charge in [-0.25, -0.2) is 4.39 Å². The lowest BCUT2D eigenvalue weighted by molar-refractivity contribution is 0.0780. The van der Waals surface area contributed by atoms with E-state index in [1.807, 2.05) is 7.05 Å². The molecule has 1 aliphatic heterocycles. The van der Waals surface area contributed by atoms with E-state index in [1.165, 1.54) is 24.3 Å². The second-order valence-corrected chi connectivity index (χ2v) is 7.41. The molecule has 2 atom stereocenters. The molecule has 152 valence electrons. The van der Waals surface area contributed by atoms with Gasteiger partial charge in [-0.1, -0.05) is 0 Å². The number of pyridine rings is 1. The largest absolute Gasteiger partial charge is 0.396 e. The predicted octanol–water partition coefficient (Wildman–Crippen LogP) is 0.926. The van der Waals surface area contributed by atoms with E-state index >= 15 is 0 Å². The van der Waals surface area contributed by atoms with E-state index in [1.54, 1.807) is 12.0 Å². The number of methoxy groups -OCH3 is 1. The normalized spacial score (nSPS) is 19.7.